The second-order valence-corrected chi connectivity index (χ2v) is 4.08. The zero-order chi connectivity index (χ0) is 11.4. The van der Waals surface area contributed by atoms with Gasteiger partial charge in [0.1, 0.15) is 0 Å². The third-order valence-electron chi connectivity index (χ3n) is 2.75. The van der Waals surface area contributed by atoms with Gasteiger partial charge >= 0.3 is 0 Å². The normalized spacial score (nSPS) is 13.1. The summed E-state index contributed by atoms with van der Waals surface area (Å²) >= 11 is 0. The smallest absolute Gasteiger partial charge is 0.0657 e. The highest BCUT2D eigenvalue weighted by molar-refractivity contribution is 5.27. The van der Waals surface area contributed by atoms with Crippen LogP contribution in [0.25, 0.3) is 0 Å². The van der Waals surface area contributed by atoms with Gasteiger partial charge in [0.05, 0.1) is 5.69 Å². The molecule has 0 aliphatic rings. The first-order valence-electron chi connectivity index (χ1n) is 5.96. The molecule has 15 heavy (non-hydrogen) atoms. The van der Waals surface area contributed by atoms with E-state index in [4.69, 9.17) is 5.73 Å². The molecule has 3 heteroatoms. The molecule has 0 saturated heterocycles. The molecule has 0 radical (unpaired) electrons. The molecule has 0 aliphatic carbocycles. The summed E-state index contributed by atoms with van der Waals surface area (Å²) in [6.07, 6.45) is 3.00. The summed E-state index contributed by atoms with van der Waals surface area (Å²) in [7, 11) is 0. The predicted molar refractivity (Wildman–Crippen MR) is 64.0 cm³/mol. The first kappa shape index (κ1) is 12.2. The lowest BCUT2D eigenvalue weighted by atomic mass is 10.0. The Balaban J connectivity index is 3.12. The summed E-state index contributed by atoms with van der Waals surface area (Å²) in [5, 5.41) is 4.63. The van der Waals surface area contributed by atoms with Crippen LogP contribution in [0.3, 0.4) is 0 Å². The molecule has 0 saturated carbocycles. The molecule has 0 fully saturated rings. The highest BCUT2D eigenvalue weighted by Crippen LogP contribution is 2.17. The molecule has 86 valence electrons. The molecule has 1 aromatic rings. The minimum absolute atomic E-state index is 0.218. The van der Waals surface area contributed by atoms with E-state index in [9.17, 15) is 0 Å². The lowest BCUT2D eigenvalue weighted by Gasteiger charge is -2.08. The molecule has 1 heterocycles. The minimum Gasteiger partial charge on any atom is -0.328 e. The van der Waals surface area contributed by atoms with E-state index >= 15 is 0 Å². The van der Waals surface area contributed by atoms with Crippen molar-refractivity contribution in [3.63, 3.8) is 0 Å². The lowest BCUT2D eigenvalue weighted by Crippen LogP contribution is -2.19. The molecule has 3 nitrogen and oxygen atoms in total. The van der Waals surface area contributed by atoms with E-state index in [2.05, 4.69) is 37.5 Å². The van der Waals surface area contributed by atoms with Gasteiger partial charge in [-0.3, -0.25) is 4.68 Å². The van der Waals surface area contributed by atoms with Crippen molar-refractivity contribution < 1.29 is 0 Å². The summed E-state index contributed by atoms with van der Waals surface area (Å²) < 4.78 is 2.12. The van der Waals surface area contributed by atoms with E-state index in [1.165, 1.54) is 17.0 Å². The molecule has 0 aromatic carbocycles. The number of rotatable bonds is 5. The van der Waals surface area contributed by atoms with Crippen molar-refractivity contribution >= 4 is 0 Å². The summed E-state index contributed by atoms with van der Waals surface area (Å²) in [5.74, 6) is 0. The number of nitrogens with zero attached hydrogens (tertiary/aromatic N) is 2. The molecule has 1 unspecified atom stereocenters. The van der Waals surface area contributed by atoms with Crippen LogP contribution < -0.4 is 5.73 Å². The Kier molecular flexibility index (Phi) is 4.33. The Bertz CT molecular complexity index is 313. The van der Waals surface area contributed by atoms with Gasteiger partial charge in [-0.15, -0.1) is 0 Å². The molecule has 1 rings (SSSR count). The van der Waals surface area contributed by atoms with Crippen LogP contribution in [-0.2, 0) is 25.8 Å². The van der Waals surface area contributed by atoms with Crippen LogP contribution in [0.4, 0.5) is 0 Å². The topological polar surface area (TPSA) is 43.8 Å². The molecular weight excluding hydrogens is 186 g/mol. The summed E-state index contributed by atoms with van der Waals surface area (Å²) in [5.41, 5.74) is 9.87. The Morgan fingerprint density at radius 2 is 1.93 bits per heavy atom. The van der Waals surface area contributed by atoms with Crippen molar-refractivity contribution in [3.05, 3.63) is 17.0 Å². The fourth-order valence-electron chi connectivity index (χ4n) is 2.09. The third kappa shape index (κ3) is 2.59. The monoisotopic (exact) mass is 209 g/mol. The molecule has 1 atom stereocenters. The van der Waals surface area contributed by atoms with E-state index < -0.39 is 0 Å². The third-order valence-corrected chi connectivity index (χ3v) is 2.75. The van der Waals surface area contributed by atoms with Gasteiger partial charge in [0.2, 0.25) is 0 Å². The van der Waals surface area contributed by atoms with Gasteiger partial charge in [-0.2, -0.15) is 5.10 Å². The Morgan fingerprint density at radius 1 is 1.27 bits per heavy atom. The SMILES string of the molecule is CCc1nn(CC)c(CC)c1CC(C)N. The maximum atomic E-state index is 5.89. The van der Waals surface area contributed by atoms with Gasteiger partial charge in [-0.1, -0.05) is 13.8 Å². The van der Waals surface area contributed by atoms with Gasteiger partial charge < -0.3 is 5.73 Å². The van der Waals surface area contributed by atoms with Gasteiger partial charge in [0, 0.05) is 18.3 Å². The largest absolute Gasteiger partial charge is 0.328 e. The average Bonchev–Trinajstić information content (AvgIpc) is 2.54. The van der Waals surface area contributed by atoms with E-state index in [1.54, 1.807) is 0 Å². The quantitative estimate of drug-likeness (QED) is 0.805. The standard InChI is InChI=1S/C12H23N3/c1-5-11-10(8-9(4)13)12(6-2)15(7-3)14-11/h9H,5-8,13H2,1-4H3. The Morgan fingerprint density at radius 3 is 2.33 bits per heavy atom. The fraction of sp³-hybridized carbons (Fsp3) is 0.750. The van der Waals surface area contributed by atoms with Crippen molar-refractivity contribution in [2.24, 2.45) is 5.73 Å². The minimum atomic E-state index is 0.218. The van der Waals surface area contributed by atoms with Crippen molar-refractivity contribution in [3.8, 4) is 0 Å². The molecule has 0 aliphatic heterocycles. The number of hydrogen-bond acceptors (Lipinski definition) is 2. The van der Waals surface area contributed by atoms with Crippen molar-refractivity contribution in [2.45, 2.75) is 59.5 Å². The van der Waals surface area contributed by atoms with Gasteiger partial charge in [-0.05, 0) is 38.7 Å². The maximum Gasteiger partial charge on any atom is 0.0657 e. The zero-order valence-corrected chi connectivity index (χ0v) is 10.4. The zero-order valence-electron chi connectivity index (χ0n) is 10.4. The molecule has 0 amide bonds. The van der Waals surface area contributed by atoms with E-state index in [0.717, 1.165) is 25.8 Å². The van der Waals surface area contributed by atoms with Gasteiger partial charge in [0.15, 0.2) is 0 Å². The summed E-state index contributed by atoms with van der Waals surface area (Å²) in [4.78, 5) is 0. The van der Waals surface area contributed by atoms with Crippen molar-refractivity contribution in [2.75, 3.05) is 0 Å². The van der Waals surface area contributed by atoms with E-state index in [-0.39, 0.29) is 6.04 Å². The summed E-state index contributed by atoms with van der Waals surface area (Å²) in [6, 6.07) is 0.218. The lowest BCUT2D eigenvalue weighted by molar-refractivity contribution is 0.615. The van der Waals surface area contributed by atoms with Gasteiger partial charge in [0.25, 0.3) is 0 Å². The molecular formula is C12H23N3. The first-order valence-corrected chi connectivity index (χ1v) is 5.96. The fourth-order valence-corrected chi connectivity index (χ4v) is 2.09. The highest BCUT2D eigenvalue weighted by atomic mass is 15.3. The van der Waals surface area contributed by atoms with Crippen LogP contribution in [0.2, 0.25) is 0 Å². The molecule has 0 spiro atoms. The second-order valence-electron chi connectivity index (χ2n) is 4.08. The van der Waals surface area contributed by atoms with E-state index in [0.29, 0.717) is 0 Å². The number of aromatic nitrogens is 2. The average molecular weight is 209 g/mol. The molecule has 0 bridgehead atoms. The van der Waals surface area contributed by atoms with Crippen LogP contribution in [0.15, 0.2) is 0 Å². The van der Waals surface area contributed by atoms with Crippen LogP contribution >= 0.6 is 0 Å². The van der Waals surface area contributed by atoms with Crippen LogP contribution in [-0.4, -0.2) is 15.8 Å². The maximum absolute atomic E-state index is 5.89. The van der Waals surface area contributed by atoms with E-state index in [1.807, 2.05) is 0 Å². The summed E-state index contributed by atoms with van der Waals surface area (Å²) in [6.45, 7) is 9.50. The van der Waals surface area contributed by atoms with Crippen LogP contribution in [0.1, 0.15) is 44.6 Å². The van der Waals surface area contributed by atoms with Crippen molar-refractivity contribution in [1.29, 1.82) is 0 Å². The Hall–Kier alpha value is -0.830. The highest BCUT2D eigenvalue weighted by Gasteiger charge is 2.15. The first-order chi connectivity index (χ1) is 7.13. The van der Waals surface area contributed by atoms with Gasteiger partial charge in [-0.25, -0.2) is 0 Å². The van der Waals surface area contributed by atoms with Crippen LogP contribution in [0, 0.1) is 0 Å². The predicted octanol–water partition coefficient (Wildman–Crippen LogP) is 1.92. The number of hydrogen-bond donors (Lipinski definition) is 1. The Labute approximate surface area is 92.7 Å². The number of aryl methyl sites for hydroxylation is 2. The second kappa shape index (κ2) is 5.31. The van der Waals surface area contributed by atoms with Crippen LogP contribution in [0.5, 0.6) is 0 Å². The molecule has 1 aromatic heterocycles. The van der Waals surface area contributed by atoms with Crippen molar-refractivity contribution in [1.82, 2.24) is 9.78 Å². The number of nitrogens with two attached hydrogens (primary N) is 1. The molecule has 2 N–H and O–H groups in total.